The van der Waals surface area contributed by atoms with E-state index in [9.17, 15) is 4.79 Å². The highest BCUT2D eigenvalue weighted by Gasteiger charge is 2.33. The highest BCUT2D eigenvalue weighted by Crippen LogP contribution is 2.44. The van der Waals surface area contributed by atoms with Crippen LogP contribution in [0.15, 0.2) is 12.1 Å². The maximum absolute atomic E-state index is 11.8. The van der Waals surface area contributed by atoms with E-state index in [1.165, 1.54) is 7.11 Å². The van der Waals surface area contributed by atoms with Gasteiger partial charge in [-0.3, -0.25) is 0 Å². The van der Waals surface area contributed by atoms with Gasteiger partial charge in [0.2, 0.25) is 0 Å². The van der Waals surface area contributed by atoms with E-state index < -0.39 is 6.09 Å². The molecule has 1 aromatic rings. The van der Waals surface area contributed by atoms with Crippen molar-refractivity contribution in [2.24, 2.45) is 5.92 Å². The fraction of sp³-hybridized carbons (Fsp3) is 0.650. The van der Waals surface area contributed by atoms with Gasteiger partial charge in [0.15, 0.2) is 11.5 Å². The maximum Gasteiger partial charge on any atom is 0.407 e. The van der Waals surface area contributed by atoms with Crippen molar-refractivity contribution in [3.8, 4) is 11.5 Å². The first-order chi connectivity index (χ1) is 12.5. The van der Waals surface area contributed by atoms with Gasteiger partial charge in [0.05, 0.1) is 27.4 Å². The number of ether oxygens (including phenoxy) is 3. The molecule has 146 valence electrons. The Morgan fingerprint density at radius 1 is 1.19 bits per heavy atom. The van der Waals surface area contributed by atoms with Crippen LogP contribution in [0.5, 0.6) is 11.5 Å². The van der Waals surface area contributed by atoms with E-state index >= 15 is 0 Å². The molecule has 2 atom stereocenters. The Labute approximate surface area is 156 Å². The zero-order chi connectivity index (χ0) is 19.3. The van der Waals surface area contributed by atoms with Gasteiger partial charge in [0.1, 0.15) is 0 Å². The van der Waals surface area contributed by atoms with E-state index in [1.807, 2.05) is 12.1 Å². The van der Waals surface area contributed by atoms with Crippen LogP contribution in [0.25, 0.3) is 0 Å². The minimum Gasteiger partial charge on any atom is -0.493 e. The summed E-state index contributed by atoms with van der Waals surface area (Å²) in [6.07, 6.45) is 2.69. The van der Waals surface area contributed by atoms with Gasteiger partial charge < -0.3 is 24.4 Å². The molecule has 0 aromatic heterocycles. The molecule has 0 saturated heterocycles. The number of anilines is 1. The van der Waals surface area contributed by atoms with E-state index in [0.29, 0.717) is 23.5 Å². The smallest absolute Gasteiger partial charge is 0.407 e. The molecule has 6 nitrogen and oxygen atoms in total. The minimum atomic E-state index is -0.420. The first-order valence-corrected chi connectivity index (χ1v) is 9.35. The highest BCUT2D eigenvalue weighted by molar-refractivity contribution is 5.71. The minimum absolute atomic E-state index is 0.120. The molecular weight excluding hydrogens is 332 g/mol. The molecule has 1 aromatic carbocycles. The van der Waals surface area contributed by atoms with Gasteiger partial charge in [-0.25, -0.2) is 4.79 Å². The van der Waals surface area contributed by atoms with E-state index in [-0.39, 0.29) is 6.04 Å². The van der Waals surface area contributed by atoms with E-state index in [0.717, 1.165) is 37.1 Å². The summed E-state index contributed by atoms with van der Waals surface area (Å²) in [5, 5.41) is 2.96. The van der Waals surface area contributed by atoms with Gasteiger partial charge in [-0.2, -0.15) is 0 Å². The Morgan fingerprint density at radius 3 is 2.35 bits per heavy atom. The first kappa shape index (κ1) is 20.2. The fourth-order valence-electron chi connectivity index (χ4n) is 3.69. The monoisotopic (exact) mass is 364 g/mol. The molecule has 0 saturated carbocycles. The van der Waals surface area contributed by atoms with Gasteiger partial charge in [0.25, 0.3) is 0 Å². The molecule has 2 rings (SSSR count). The lowest BCUT2D eigenvalue weighted by atomic mass is 9.89. The predicted molar refractivity (Wildman–Crippen MR) is 103 cm³/mol. The van der Waals surface area contributed by atoms with Crippen LogP contribution in [0.2, 0.25) is 0 Å². The lowest BCUT2D eigenvalue weighted by Gasteiger charge is -2.42. The zero-order valence-electron chi connectivity index (χ0n) is 16.8. The number of fused-ring (bicyclic) bond motifs is 1. The molecule has 1 aliphatic rings. The summed E-state index contributed by atoms with van der Waals surface area (Å²) in [4.78, 5) is 14.3. The Hall–Kier alpha value is -2.11. The third kappa shape index (κ3) is 4.17. The van der Waals surface area contributed by atoms with E-state index in [2.05, 4.69) is 31.0 Å². The lowest BCUT2D eigenvalue weighted by Crippen LogP contribution is -2.45. The summed E-state index contributed by atoms with van der Waals surface area (Å²) in [5.41, 5.74) is 2.13. The number of benzene rings is 1. The van der Waals surface area contributed by atoms with Crippen molar-refractivity contribution < 1.29 is 19.0 Å². The SMILES string of the molecule is CCC(CC)CN1c2cc(OC)c(OC)cc2C(NC(=O)OC)CC1C. The Morgan fingerprint density at radius 2 is 1.81 bits per heavy atom. The molecule has 1 N–H and O–H groups in total. The molecule has 1 heterocycles. The summed E-state index contributed by atoms with van der Waals surface area (Å²) >= 11 is 0. The number of carbonyl (C=O) groups excluding carboxylic acids is 1. The van der Waals surface area contributed by atoms with Crippen LogP contribution in [0.1, 0.15) is 51.6 Å². The van der Waals surface area contributed by atoms with Crippen molar-refractivity contribution in [3.63, 3.8) is 0 Å². The standard InChI is InChI=1S/C20H32N2O4/c1-7-14(8-2)12-22-13(3)9-16(21-20(23)26-6)15-10-18(24-4)19(25-5)11-17(15)22/h10-11,13-14,16H,7-9,12H2,1-6H3,(H,21,23). The lowest BCUT2D eigenvalue weighted by molar-refractivity contribution is 0.165. The van der Waals surface area contributed by atoms with E-state index in [1.54, 1.807) is 14.2 Å². The number of nitrogens with zero attached hydrogens (tertiary/aromatic N) is 1. The van der Waals surface area contributed by atoms with Crippen molar-refractivity contribution in [1.29, 1.82) is 0 Å². The molecule has 0 radical (unpaired) electrons. The van der Waals surface area contributed by atoms with Crippen LogP contribution in [0.3, 0.4) is 0 Å². The molecular formula is C20H32N2O4. The maximum atomic E-state index is 11.8. The van der Waals surface area contributed by atoms with Crippen molar-refractivity contribution >= 4 is 11.8 Å². The summed E-state index contributed by atoms with van der Waals surface area (Å²) in [5.74, 6) is 2.00. The Balaban J connectivity index is 2.48. The molecule has 2 unspecified atom stereocenters. The van der Waals surface area contributed by atoms with Gasteiger partial charge in [-0.05, 0) is 25.3 Å². The number of hydrogen-bond acceptors (Lipinski definition) is 5. The molecule has 1 aliphatic heterocycles. The summed E-state index contributed by atoms with van der Waals surface area (Å²) < 4.78 is 15.8. The Kier molecular flexibility index (Phi) is 7.00. The second-order valence-corrected chi connectivity index (χ2v) is 6.87. The van der Waals surface area contributed by atoms with Crippen LogP contribution in [-0.2, 0) is 4.74 Å². The number of nitrogens with one attached hydrogen (secondary N) is 1. The summed E-state index contributed by atoms with van der Waals surface area (Å²) in [7, 11) is 4.66. The van der Waals surface area contributed by atoms with Crippen molar-refractivity contribution in [2.45, 2.75) is 52.1 Å². The van der Waals surface area contributed by atoms with Crippen LogP contribution >= 0.6 is 0 Å². The molecule has 0 aliphatic carbocycles. The Bertz CT molecular complexity index is 616. The van der Waals surface area contributed by atoms with Gasteiger partial charge in [-0.15, -0.1) is 0 Å². The van der Waals surface area contributed by atoms with Crippen LogP contribution in [0.4, 0.5) is 10.5 Å². The normalized spacial score (nSPS) is 19.1. The van der Waals surface area contributed by atoms with Crippen LogP contribution < -0.4 is 19.7 Å². The molecule has 0 fully saturated rings. The molecule has 26 heavy (non-hydrogen) atoms. The number of methoxy groups -OCH3 is 3. The van der Waals surface area contributed by atoms with Gasteiger partial charge in [0, 0.05) is 29.9 Å². The molecule has 6 heteroatoms. The third-order valence-corrected chi connectivity index (χ3v) is 5.41. The topological polar surface area (TPSA) is 60.0 Å². The first-order valence-electron chi connectivity index (χ1n) is 9.35. The average molecular weight is 364 g/mol. The number of alkyl carbamates (subject to hydrolysis) is 1. The summed E-state index contributed by atoms with van der Waals surface area (Å²) in [6.45, 7) is 7.66. The number of hydrogen-bond donors (Lipinski definition) is 1. The number of amides is 1. The van der Waals surface area contributed by atoms with Gasteiger partial charge >= 0.3 is 6.09 Å². The quantitative estimate of drug-likeness (QED) is 0.788. The average Bonchev–Trinajstić information content (AvgIpc) is 2.66. The van der Waals surface area contributed by atoms with Crippen LogP contribution in [0, 0.1) is 5.92 Å². The second-order valence-electron chi connectivity index (χ2n) is 6.87. The van der Waals surface area contributed by atoms with E-state index in [4.69, 9.17) is 14.2 Å². The van der Waals surface area contributed by atoms with Crippen LogP contribution in [-0.4, -0.2) is 40.0 Å². The second kappa shape index (κ2) is 9.01. The summed E-state index contributed by atoms with van der Waals surface area (Å²) in [6, 6.07) is 4.17. The highest BCUT2D eigenvalue weighted by atomic mass is 16.5. The number of rotatable bonds is 7. The third-order valence-electron chi connectivity index (χ3n) is 5.41. The number of carbonyl (C=O) groups is 1. The van der Waals surface area contributed by atoms with Gasteiger partial charge in [-0.1, -0.05) is 26.7 Å². The zero-order valence-corrected chi connectivity index (χ0v) is 16.8. The molecule has 0 spiro atoms. The fourth-order valence-corrected chi connectivity index (χ4v) is 3.69. The predicted octanol–water partition coefficient (Wildman–Crippen LogP) is 4.14. The van der Waals surface area contributed by atoms with Crippen molar-refractivity contribution in [3.05, 3.63) is 17.7 Å². The largest absolute Gasteiger partial charge is 0.493 e. The molecule has 0 bridgehead atoms. The molecule has 1 amide bonds. The van der Waals surface area contributed by atoms with Crippen molar-refractivity contribution in [2.75, 3.05) is 32.8 Å². The van der Waals surface area contributed by atoms with Crippen molar-refractivity contribution in [1.82, 2.24) is 5.32 Å².